The summed E-state index contributed by atoms with van der Waals surface area (Å²) in [6.45, 7) is 0. The molecule has 0 radical (unpaired) electrons. The number of rotatable bonds is 3. The number of nitrogens with zero attached hydrogens (tertiary/aromatic N) is 3. The fraction of sp³-hybridized carbons (Fsp3) is 1.00. The van der Waals surface area contributed by atoms with Gasteiger partial charge in [0.15, 0.2) is 9.84 Å². The molecule has 0 unspecified atom stereocenters. The maximum Gasteiger partial charge on any atom is 0.178 e. The van der Waals surface area contributed by atoms with Crippen LogP contribution in [0.5, 0.6) is 0 Å². The summed E-state index contributed by atoms with van der Waals surface area (Å²) < 4.78 is 5.82. The largest absolute Gasteiger partial charge is 0.286 e. The summed E-state index contributed by atoms with van der Waals surface area (Å²) >= 11 is 0. The van der Waals surface area contributed by atoms with Crippen LogP contribution in [-0.4, -0.2) is 56.3 Å². The highest BCUT2D eigenvalue weighted by Crippen LogP contribution is 2.34. The first-order chi connectivity index (χ1) is 9.27. The van der Waals surface area contributed by atoms with E-state index in [1.807, 2.05) is 0 Å². The van der Waals surface area contributed by atoms with Crippen LogP contribution in [0.4, 0.5) is 0 Å². The minimum absolute atomic E-state index is 0.122. The molecule has 1 aliphatic heterocycles. The molecule has 19 heavy (non-hydrogen) atoms. The molecule has 3 aliphatic rings. The fourth-order valence-electron chi connectivity index (χ4n) is 4.46. The van der Waals surface area contributed by atoms with Gasteiger partial charge in [0.25, 0.3) is 0 Å². The third kappa shape index (κ3) is 2.92. The van der Waals surface area contributed by atoms with E-state index in [1.54, 1.807) is 0 Å². The van der Waals surface area contributed by atoms with Gasteiger partial charge in [-0.05, 0) is 39.8 Å². The first-order valence-electron chi connectivity index (χ1n) is 8.45. The van der Waals surface area contributed by atoms with Crippen molar-refractivity contribution in [1.82, 2.24) is 14.0 Å². The van der Waals surface area contributed by atoms with Gasteiger partial charge in [-0.15, -0.1) is 0 Å². The van der Waals surface area contributed by atoms with Gasteiger partial charge in [0, 0.05) is 12.1 Å². The van der Waals surface area contributed by atoms with Gasteiger partial charge >= 0.3 is 0 Å². The number of hydrogen-bond acceptors (Lipinski definition) is 3. The first-order valence-corrected chi connectivity index (χ1v) is 9.72. The van der Waals surface area contributed by atoms with E-state index in [9.17, 15) is 0 Å². The van der Waals surface area contributed by atoms with Crippen LogP contribution in [0.3, 0.4) is 0 Å². The quantitative estimate of drug-likeness (QED) is 0.734. The maximum absolute atomic E-state index is 2.91. The van der Waals surface area contributed by atoms with E-state index in [-0.39, 0.29) is 9.84 Å². The second kappa shape index (κ2) is 6.25. The molecule has 0 aromatic rings. The van der Waals surface area contributed by atoms with Crippen LogP contribution in [0, 0.1) is 0 Å². The molecule has 2 saturated carbocycles. The van der Waals surface area contributed by atoms with E-state index in [4.69, 9.17) is 0 Å². The zero-order valence-corrected chi connectivity index (χ0v) is 14.3. The van der Waals surface area contributed by atoms with Crippen LogP contribution in [0.2, 0.25) is 0 Å². The zero-order valence-electron chi connectivity index (χ0n) is 12.9. The van der Waals surface area contributed by atoms with Crippen molar-refractivity contribution in [2.75, 3.05) is 14.1 Å². The normalized spacial score (nSPS) is 33.9. The van der Waals surface area contributed by atoms with Crippen LogP contribution in [-0.2, 0) is 0 Å². The molecule has 0 spiro atoms. The van der Waals surface area contributed by atoms with Gasteiger partial charge in [0.05, 0.1) is 0 Å². The summed E-state index contributed by atoms with van der Waals surface area (Å²) in [4.78, 5) is 2.47. The lowest BCUT2D eigenvalue weighted by Crippen LogP contribution is -2.76. The average Bonchev–Trinajstić information content (AvgIpc) is 2.39. The molecule has 3 rings (SSSR count). The van der Waals surface area contributed by atoms with E-state index in [0.717, 1.165) is 12.1 Å². The van der Waals surface area contributed by atoms with Gasteiger partial charge in [0.2, 0.25) is 0 Å². The van der Waals surface area contributed by atoms with E-state index < -0.39 is 0 Å². The third-order valence-electron chi connectivity index (χ3n) is 5.47. The Bertz CT molecular complexity index is 261. The Morgan fingerprint density at radius 3 is 1.53 bits per heavy atom. The smallest absolute Gasteiger partial charge is 0.178 e. The Labute approximate surface area is 121 Å². The van der Waals surface area contributed by atoms with Gasteiger partial charge in [-0.25, -0.2) is 0 Å². The molecule has 0 aromatic heterocycles. The Hall–Kier alpha value is 0.0969. The molecule has 1 saturated heterocycles. The Balaban J connectivity index is 1.61. The standard InChI is InChI=1S/C15H31N3Si/c1-16(2)15-17(13-9-5-3-6-10-13)19-18(15)14-11-7-4-8-12-14/h13-15H,3-12,19H2,1-2H3. The van der Waals surface area contributed by atoms with Crippen molar-refractivity contribution in [1.29, 1.82) is 0 Å². The molecule has 0 N–H and O–H groups in total. The molecule has 3 fully saturated rings. The second-order valence-electron chi connectivity index (χ2n) is 7.06. The predicted octanol–water partition coefficient (Wildman–Crippen LogP) is 2.11. The molecule has 0 bridgehead atoms. The molecule has 4 heteroatoms. The molecule has 0 amide bonds. The van der Waals surface area contributed by atoms with Gasteiger partial charge in [-0.2, -0.15) is 0 Å². The Kier molecular flexibility index (Phi) is 4.62. The van der Waals surface area contributed by atoms with Crippen LogP contribution >= 0.6 is 0 Å². The third-order valence-corrected chi connectivity index (χ3v) is 7.81. The van der Waals surface area contributed by atoms with Crippen LogP contribution < -0.4 is 0 Å². The summed E-state index contributed by atoms with van der Waals surface area (Å²) in [6, 6.07) is 1.85. The lowest BCUT2D eigenvalue weighted by molar-refractivity contribution is -0.0699. The maximum atomic E-state index is 2.91. The Morgan fingerprint density at radius 2 is 1.16 bits per heavy atom. The molecule has 2 aliphatic carbocycles. The van der Waals surface area contributed by atoms with Crippen LogP contribution in [0.15, 0.2) is 0 Å². The highest BCUT2D eigenvalue weighted by molar-refractivity contribution is 6.32. The second-order valence-corrected chi connectivity index (χ2v) is 8.81. The predicted molar refractivity (Wildman–Crippen MR) is 83.4 cm³/mol. The molecule has 0 aromatic carbocycles. The van der Waals surface area contributed by atoms with Crippen molar-refractivity contribution in [3.05, 3.63) is 0 Å². The van der Waals surface area contributed by atoms with Gasteiger partial charge in [-0.1, -0.05) is 38.5 Å². The lowest BCUT2D eigenvalue weighted by Gasteiger charge is -2.60. The summed E-state index contributed by atoms with van der Waals surface area (Å²) in [6.07, 6.45) is 15.4. The molecular weight excluding hydrogens is 250 g/mol. The van der Waals surface area contributed by atoms with Crippen molar-refractivity contribution in [2.24, 2.45) is 0 Å². The van der Waals surface area contributed by atoms with Crippen molar-refractivity contribution >= 4 is 9.84 Å². The van der Waals surface area contributed by atoms with E-state index >= 15 is 0 Å². The van der Waals surface area contributed by atoms with E-state index in [1.165, 1.54) is 64.2 Å². The molecule has 110 valence electrons. The highest BCUT2D eigenvalue weighted by Gasteiger charge is 2.45. The van der Waals surface area contributed by atoms with Crippen LogP contribution in [0.1, 0.15) is 64.2 Å². The lowest BCUT2D eigenvalue weighted by atomic mass is 9.94. The van der Waals surface area contributed by atoms with Crippen molar-refractivity contribution in [2.45, 2.75) is 82.6 Å². The van der Waals surface area contributed by atoms with E-state index in [2.05, 4.69) is 28.1 Å². The monoisotopic (exact) mass is 281 g/mol. The van der Waals surface area contributed by atoms with Crippen LogP contribution in [0.25, 0.3) is 0 Å². The first kappa shape index (κ1) is 14.1. The van der Waals surface area contributed by atoms with Gasteiger partial charge < -0.3 is 0 Å². The zero-order chi connectivity index (χ0) is 13.2. The van der Waals surface area contributed by atoms with Gasteiger partial charge in [0.1, 0.15) is 6.29 Å². The minimum atomic E-state index is -0.122. The van der Waals surface area contributed by atoms with Crippen molar-refractivity contribution in [3.8, 4) is 0 Å². The fourth-order valence-corrected chi connectivity index (χ4v) is 7.08. The highest BCUT2D eigenvalue weighted by atomic mass is 28.2. The summed E-state index contributed by atoms with van der Waals surface area (Å²) in [5, 5.41) is 0. The summed E-state index contributed by atoms with van der Waals surface area (Å²) in [7, 11) is 4.44. The molecule has 1 heterocycles. The van der Waals surface area contributed by atoms with Crippen molar-refractivity contribution < 1.29 is 0 Å². The van der Waals surface area contributed by atoms with E-state index in [0.29, 0.717) is 6.29 Å². The topological polar surface area (TPSA) is 9.72 Å². The number of hydrogen-bond donors (Lipinski definition) is 0. The molecule has 3 nitrogen and oxygen atoms in total. The molecular formula is C15H31N3Si. The minimum Gasteiger partial charge on any atom is -0.286 e. The molecule has 0 atom stereocenters. The van der Waals surface area contributed by atoms with Crippen molar-refractivity contribution in [3.63, 3.8) is 0 Å². The summed E-state index contributed by atoms with van der Waals surface area (Å²) in [5.41, 5.74) is 0. The SMILES string of the molecule is CN(C)C1N(C2CCCCC2)[SiH2]N1C1CCCCC1. The van der Waals surface area contributed by atoms with Gasteiger partial charge in [-0.3, -0.25) is 14.0 Å². The average molecular weight is 282 g/mol. The Morgan fingerprint density at radius 1 is 0.737 bits per heavy atom. The summed E-state index contributed by atoms with van der Waals surface area (Å²) in [5.74, 6) is 0.